The number of hydrogen-bond donors (Lipinski definition) is 2. The maximum atomic E-state index is 12.6. The van der Waals surface area contributed by atoms with Crippen molar-refractivity contribution in [1.82, 2.24) is 15.5 Å². The molecular weight excluding hydrogens is 432 g/mol. The molecule has 2 N–H and O–H groups in total. The Bertz CT molecular complexity index is 1280. The fourth-order valence-electron chi connectivity index (χ4n) is 3.23. The van der Waals surface area contributed by atoms with Gasteiger partial charge in [0.2, 0.25) is 11.8 Å². The molecule has 4 aromatic rings. The summed E-state index contributed by atoms with van der Waals surface area (Å²) in [5.74, 6) is 0.924. The van der Waals surface area contributed by atoms with Crippen molar-refractivity contribution in [1.29, 1.82) is 0 Å². The van der Waals surface area contributed by atoms with E-state index in [0.29, 0.717) is 35.3 Å². The summed E-state index contributed by atoms with van der Waals surface area (Å²) >= 11 is 0. The summed E-state index contributed by atoms with van der Waals surface area (Å²) in [4.78, 5) is 24.1. The molecular formula is C26H24N4O4. The Balaban J connectivity index is 1.37. The van der Waals surface area contributed by atoms with Gasteiger partial charge in [0.05, 0.1) is 0 Å². The van der Waals surface area contributed by atoms with Gasteiger partial charge in [0.15, 0.2) is 6.61 Å². The Morgan fingerprint density at radius 2 is 1.62 bits per heavy atom. The van der Waals surface area contributed by atoms with Crippen molar-refractivity contribution in [2.45, 2.75) is 13.8 Å². The normalized spacial score (nSPS) is 10.5. The molecule has 0 saturated heterocycles. The summed E-state index contributed by atoms with van der Waals surface area (Å²) < 4.78 is 11.2. The van der Waals surface area contributed by atoms with Gasteiger partial charge < -0.3 is 19.8 Å². The second-order valence-corrected chi connectivity index (χ2v) is 7.58. The van der Waals surface area contributed by atoms with Crippen LogP contribution in [0.5, 0.6) is 5.75 Å². The van der Waals surface area contributed by atoms with E-state index < -0.39 is 0 Å². The van der Waals surface area contributed by atoms with Crippen molar-refractivity contribution >= 4 is 17.5 Å². The third-order valence-electron chi connectivity index (χ3n) is 4.94. The highest BCUT2D eigenvalue weighted by molar-refractivity contribution is 6.04. The monoisotopic (exact) mass is 456 g/mol. The highest BCUT2D eigenvalue weighted by Gasteiger charge is 2.12. The van der Waals surface area contributed by atoms with E-state index in [2.05, 4.69) is 20.8 Å². The first-order valence-corrected chi connectivity index (χ1v) is 10.8. The number of benzene rings is 3. The van der Waals surface area contributed by atoms with E-state index >= 15 is 0 Å². The van der Waals surface area contributed by atoms with Crippen molar-refractivity contribution < 1.29 is 18.7 Å². The molecule has 8 nitrogen and oxygen atoms in total. The molecule has 0 saturated carbocycles. The number of aryl methyl sites for hydroxylation is 1. The summed E-state index contributed by atoms with van der Waals surface area (Å²) in [6.45, 7) is 4.34. The number of carbonyl (C=O) groups is 2. The maximum Gasteiger partial charge on any atom is 0.257 e. The topological polar surface area (TPSA) is 106 Å². The van der Waals surface area contributed by atoms with Crippen LogP contribution in [0.2, 0.25) is 0 Å². The molecule has 0 radical (unpaired) electrons. The smallest absolute Gasteiger partial charge is 0.257 e. The second-order valence-electron chi connectivity index (χ2n) is 7.58. The van der Waals surface area contributed by atoms with Crippen molar-refractivity contribution in [3.63, 3.8) is 0 Å². The molecule has 34 heavy (non-hydrogen) atoms. The van der Waals surface area contributed by atoms with E-state index in [1.165, 1.54) is 0 Å². The highest BCUT2D eigenvalue weighted by atomic mass is 16.5. The SMILES string of the molecule is CCNC(=O)COc1ccc(NC(=O)c2ccc(-c3nnc(-c4cccc(C)c4)o3)cc2)cc1. The van der Waals surface area contributed by atoms with Gasteiger partial charge in [-0.2, -0.15) is 0 Å². The first-order chi connectivity index (χ1) is 16.5. The molecule has 0 bridgehead atoms. The van der Waals surface area contributed by atoms with Crippen LogP contribution in [-0.4, -0.2) is 35.2 Å². The number of likely N-dealkylation sites (N-methyl/N-ethyl adjacent to an activating group) is 1. The first-order valence-electron chi connectivity index (χ1n) is 10.8. The van der Waals surface area contributed by atoms with Gasteiger partial charge in [0, 0.05) is 28.9 Å². The predicted molar refractivity (Wildman–Crippen MR) is 128 cm³/mol. The van der Waals surface area contributed by atoms with Gasteiger partial charge >= 0.3 is 0 Å². The van der Waals surface area contributed by atoms with Crippen LogP contribution in [0.3, 0.4) is 0 Å². The summed E-state index contributed by atoms with van der Waals surface area (Å²) in [5.41, 5.74) is 3.78. The van der Waals surface area contributed by atoms with Gasteiger partial charge in [0.1, 0.15) is 5.75 Å². The van der Waals surface area contributed by atoms with Crippen LogP contribution >= 0.6 is 0 Å². The Labute approximate surface area is 197 Å². The Hall–Kier alpha value is -4.46. The minimum Gasteiger partial charge on any atom is -0.484 e. The molecule has 0 aliphatic carbocycles. The Kier molecular flexibility index (Phi) is 6.98. The van der Waals surface area contributed by atoms with E-state index in [1.807, 2.05) is 38.1 Å². The number of carbonyl (C=O) groups excluding carboxylic acids is 2. The van der Waals surface area contributed by atoms with Gasteiger partial charge in [-0.05, 0) is 74.5 Å². The van der Waals surface area contributed by atoms with Crippen molar-refractivity contribution in [3.8, 4) is 28.7 Å². The average Bonchev–Trinajstić information content (AvgIpc) is 3.34. The Morgan fingerprint density at radius 1 is 0.912 bits per heavy atom. The lowest BCUT2D eigenvalue weighted by atomic mass is 10.1. The van der Waals surface area contributed by atoms with Crippen molar-refractivity contribution in [3.05, 3.63) is 83.9 Å². The number of aromatic nitrogens is 2. The third kappa shape index (κ3) is 5.66. The summed E-state index contributed by atoms with van der Waals surface area (Å²) in [6, 6.07) is 21.6. The molecule has 0 spiro atoms. The largest absolute Gasteiger partial charge is 0.484 e. The summed E-state index contributed by atoms with van der Waals surface area (Å²) in [5, 5.41) is 13.8. The Morgan fingerprint density at radius 3 is 2.29 bits per heavy atom. The predicted octanol–water partition coefficient (Wildman–Crippen LogP) is 4.48. The van der Waals surface area contributed by atoms with E-state index in [1.54, 1.807) is 48.5 Å². The van der Waals surface area contributed by atoms with E-state index in [9.17, 15) is 9.59 Å². The molecule has 0 fully saturated rings. The van der Waals surface area contributed by atoms with Crippen LogP contribution in [0.1, 0.15) is 22.8 Å². The van der Waals surface area contributed by atoms with Crippen LogP contribution < -0.4 is 15.4 Å². The summed E-state index contributed by atoms with van der Waals surface area (Å²) in [7, 11) is 0. The molecule has 1 aromatic heterocycles. The van der Waals surface area contributed by atoms with E-state index in [0.717, 1.165) is 16.7 Å². The molecule has 0 atom stereocenters. The number of nitrogens with zero attached hydrogens (tertiary/aromatic N) is 2. The molecule has 0 aliphatic heterocycles. The van der Waals surface area contributed by atoms with Gasteiger partial charge in [-0.25, -0.2) is 0 Å². The molecule has 8 heteroatoms. The van der Waals surface area contributed by atoms with E-state index in [-0.39, 0.29) is 18.4 Å². The number of nitrogens with one attached hydrogen (secondary N) is 2. The highest BCUT2D eigenvalue weighted by Crippen LogP contribution is 2.25. The van der Waals surface area contributed by atoms with Crippen LogP contribution in [0.25, 0.3) is 22.9 Å². The standard InChI is InChI=1S/C26H24N4O4/c1-3-27-23(31)16-33-22-13-11-21(12-14-22)28-24(32)18-7-9-19(10-8-18)25-29-30-26(34-25)20-6-4-5-17(2)15-20/h4-15H,3,16H2,1-2H3,(H,27,31)(H,28,32). The number of amides is 2. The molecule has 1 heterocycles. The number of hydrogen-bond acceptors (Lipinski definition) is 6. The molecule has 2 amide bonds. The lowest BCUT2D eigenvalue weighted by Crippen LogP contribution is -2.28. The third-order valence-corrected chi connectivity index (χ3v) is 4.94. The van der Waals surface area contributed by atoms with Gasteiger partial charge in [-0.1, -0.05) is 17.7 Å². The molecule has 3 aromatic carbocycles. The molecule has 4 rings (SSSR count). The molecule has 0 aliphatic rings. The minimum atomic E-state index is -0.256. The van der Waals surface area contributed by atoms with Crippen LogP contribution in [-0.2, 0) is 4.79 Å². The fourth-order valence-corrected chi connectivity index (χ4v) is 3.23. The van der Waals surface area contributed by atoms with Gasteiger partial charge in [-0.15, -0.1) is 10.2 Å². The minimum absolute atomic E-state index is 0.0571. The number of rotatable bonds is 8. The fraction of sp³-hybridized carbons (Fsp3) is 0.154. The van der Waals surface area contributed by atoms with Crippen LogP contribution in [0, 0.1) is 6.92 Å². The molecule has 0 unspecified atom stereocenters. The number of anilines is 1. The second kappa shape index (κ2) is 10.4. The lowest BCUT2D eigenvalue weighted by Gasteiger charge is -2.08. The van der Waals surface area contributed by atoms with Gasteiger partial charge in [-0.3, -0.25) is 9.59 Å². The zero-order valence-corrected chi connectivity index (χ0v) is 18.9. The zero-order valence-electron chi connectivity index (χ0n) is 18.9. The van der Waals surface area contributed by atoms with E-state index in [4.69, 9.17) is 9.15 Å². The average molecular weight is 457 g/mol. The zero-order chi connectivity index (χ0) is 23.9. The lowest BCUT2D eigenvalue weighted by molar-refractivity contribution is -0.122. The number of ether oxygens (including phenoxy) is 1. The van der Waals surface area contributed by atoms with Crippen molar-refractivity contribution in [2.24, 2.45) is 0 Å². The van der Waals surface area contributed by atoms with Crippen LogP contribution in [0.4, 0.5) is 5.69 Å². The summed E-state index contributed by atoms with van der Waals surface area (Å²) in [6.07, 6.45) is 0. The van der Waals surface area contributed by atoms with Crippen molar-refractivity contribution in [2.75, 3.05) is 18.5 Å². The van der Waals surface area contributed by atoms with Crippen LogP contribution in [0.15, 0.2) is 77.2 Å². The first kappa shape index (κ1) is 22.7. The maximum absolute atomic E-state index is 12.6. The quantitative estimate of drug-likeness (QED) is 0.405. The van der Waals surface area contributed by atoms with Gasteiger partial charge in [0.25, 0.3) is 11.8 Å². The molecule has 172 valence electrons.